The average molecular weight is 422 g/mol. The largest absolute Gasteiger partial charge is 0.449 e. The second-order valence-electron chi connectivity index (χ2n) is 6.61. The summed E-state index contributed by atoms with van der Waals surface area (Å²) in [5, 5.41) is 3.68. The van der Waals surface area contributed by atoms with Gasteiger partial charge in [0.15, 0.2) is 0 Å². The molecular weight excluding hydrogens is 405 g/mol. The highest BCUT2D eigenvalue weighted by molar-refractivity contribution is 6.35. The molecule has 1 aliphatic carbocycles. The predicted octanol–water partition coefficient (Wildman–Crippen LogP) is 5.88. The summed E-state index contributed by atoms with van der Waals surface area (Å²) in [7, 11) is 0. The van der Waals surface area contributed by atoms with Crippen LogP contribution in [0.5, 0.6) is 0 Å². The Morgan fingerprint density at radius 2 is 1.62 bits per heavy atom. The van der Waals surface area contributed by atoms with Gasteiger partial charge in [0, 0.05) is 16.5 Å². The number of benzene rings is 3. The predicted molar refractivity (Wildman–Crippen MR) is 116 cm³/mol. The smallest absolute Gasteiger partial charge is 0.407 e. The Kier molecular flexibility index (Phi) is 5.76. The van der Waals surface area contributed by atoms with Crippen molar-refractivity contribution >= 4 is 29.3 Å². The molecule has 0 saturated carbocycles. The number of alkyl carbamates (subject to hydrolysis) is 1. The lowest BCUT2D eigenvalue weighted by Crippen LogP contribution is -2.26. The second kappa shape index (κ2) is 8.61. The normalized spacial score (nSPS) is 11.8. The Hall–Kier alpha value is -2.93. The summed E-state index contributed by atoms with van der Waals surface area (Å²) >= 11 is 11.9. The highest BCUT2D eigenvalue weighted by atomic mass is 35.5. The number of carbonyl (C=O) groups is 1. The minimum Gasteiger partial charge on any atom is -0.449 e. The molecular formula is C24H17Cl2NO2. The maximum atomic E-state index is 12.1. The third-order valence-corrected chi connectivity index (χ3v) is 5.37. The summed E-state index contributed by atoms with van der Waals surface area (Å²) in [5.41, 5.74) is 5.41. The van der Waals surface area contributed by atoms with Crippen LogP contribution in [0.4, 0.5) is 4.79 Å². The van der Waals surface area contributed by atoms with Crippen molar-refractivity contribution in [1.29, 1.82) is 0 Å². The molecule has 0 aromatic heterocycles. The van der Waals surface area contributed by atoms with Crippen molar-refractivity contribution in [1.82, 2.24) is 5.32 Å². The first kappa shape index (κ1) is 19.4. The maximum absolute atomic E-state index is 12.1. The Labute approximate surface area is 179 Å². The lowest BCUT2D eigenvalue weighted by atomic mass is 9.98. The molecule has 0 bridgehead atoms. The number of hydrogen-bond acceptors (Lipinski definition) is 2. The van der Waals surface area contributed by atoms with E-state index in [-0.39, 0.29) is 19.1 Å². The minimum atomic E-state index is -0.497. The average Bonchev–Trinajstić information content (AvgIpc) is 3.05. The van der Waals surface area contributed by atoms with E-state index < -0.39 is 6.09 Å². The molecule has 4 rings (SSSR count). The van der Waals surface area contributed by atoms with E-state index in [1.807, 2.05) is 24.3 Å². The van der Waals surface area contributed by atoms with Crippen LogP contribution in [-0.2, 0) is 4.74 Å². The van der Waals surface area contributed by atoms with E-state index in [1.54, 1.807) is 18.2 Å². The van der Waals surface area contributed by atoms with Gasteiger partial charge in [-0.15, -0.1) is 0 Å². The van der Waals surface area contributed by atoms with Crippen LogP contribution in [0.25, 0.3) is 11.1 Å². The molecule has 0 unspecified atom stereocenters. The van der Waals surface area contributed by atoms with Gasteiger partial charge in [0.25, 0.3) is 0 Å². The maximum Gasteiger partial charge on any atom is 0.407 e. The Bertz CT molecular complexity index is 1090. The van der Waals surface area contributed by atoms with Gasteiger partial charge in [-0.05, 0) is 40.5 Å². The number of hydrogen-bond donors (Lipinski definition) is 1. The molecule has 1 amide bonds. The van der Waals surface area contributed by atoms with Crippen LogP contribution in [0, 0.1) is 11.8 Å². The molecule has 0 spiro atoms. The van der Waals surface area contributed by atoms with E-state index in [1.165, 1.54) is 22.3 Å². The summed E-state index contributed by atoms with van der Waals surface area (Å²) in [6.07, 6.45) is -0.497. The zero-order chi connectivity index (χ0) is 20.2. The summed E-state index contributed by atoms with van der Waals surface area (Å²) < 4.78 is 5.47. The van der Waals surface area contributed by atoms with Crippen LogP contribution in [0.1, 0.15) is 22.6 Å². The van der Waals surface area contributed by atoms with Crippen molar-refractivity contribution in [2.24, 2.45) is 0 Å². The fraction of sp³-hybridized carbons (Fsp3) is 0.125. The van der Waals surface area contributed by atoms with Gasteiger partial charge in [-0.2, -0.15) is 0 Å². The van der Waals surface area contributed by atoms with Gasteiger partial charge in [0.2, 0.25) is 0 Å². The topological polar surface area (TPSA) is 38.3 Å². The molecule has 0 atom stereocenters. The standard InChI is InChI=1S/C24H17Cl2NO2/c25-17-12-11-16(23(26)14-17)6-5-13-27-24(28)29-15-22-20-9-3-1-7-18(20)19-8-2-4-10-21(19)22/h1-4,7-12,14,22H,13,15H2,(H,27,28). The molecule has 0 fully saturated rings. The van der Waals surface area contributed by atoms with Crippen LogP contribution < -0.4 is 5.32 Å². The van der Waals surface area contributed by atoms with Gasteiger partial charge in [-0.3, -0.25) is 0 Å². The van der Waals surface area contributed by atoms with E-state index in [0.29, 0.717) is 15.6 Å². The number of rotatable bonds is 3. The molecule has 1 N–H and O–H groups in total. The molecule has 5 heteroatoms. The van der Waals surface area contributed by atoms with E-state index in [4.69, 9.17) is 27.9 Å². The van der Waals surface area contributed by atoms with Crippen molar-refractivity contribution in [2.75, 3.05) is 13.2 Å². The molecule has 0 aliphatic heterocycles. The van der Waals surface area contributed by atoms with Crippen LogP contribution >= 0.6 is 23.2 Å². The Balaban J connectivity index is 1.35. The number of ether oxygens (including phenoxy) is 1. The third-order valence-electron chi connectivity index (χ3n) is 4.82. The molecule has 0 heterocycles. The first-order chi connectivity index (χ1) is 14.1. The number of halogens is 2. The lowest BCUT2D eigenvalue weighted by molar-refractivity contribution is 0.144. The molecule has 0 radical (unpaired) electrons. The minimum absolute atomic E-state index is 0.0344. The SMILES string of the molecule is O=C(NCC#Cc1ccc(Cl)cc1Cl)OCC1c2ccccc2-c2ccccc21. The van der Waals surface area contributed by atoms with E-state index in [9.17, 15) is 4.79 Å². The van der Waals surface area contributed by atoms with Crippen molar-refractivity contribution in [3.05, 3.63) is 93.5 Å². The summed E-state index contributed by atoms with van der Waals surface area (Å²) in [6.45, 7) is 0.436. The van der Waals surface area contributed by atoms with E-state index in [2.05, 4.69) is 41.4 Å². The molecule has 1 aliphatic rings. The number of amides is 1. The summed E-state index contributed by atoms with van der Waals surface area (Å²) in [6, 6.07) is 21.5. The van der Waals surface area contributed by atoms with Crippen molar-refractivity contribution in [3.8, 4) is 23.0 Å². The zero-order valence-corrected chi connectivity index (χ0v) is 16.9. The zero-order valence-electron chi connectivity index (χ0n) is 15.4. The first-order valence-electron chi connectivity index (χ1n) is 9.16. The number of fused-ring (bicyclic) bond motifs is 3. The van der Waals surface area contributed by atoms with Crippen LogP contribution in [0.3, 0.4) is 0 Å². The van der Waals surface area contributed by atoms with Gasteiger partial charge >= 0.3 is 6.09 Å². The van der Waals surface area contributed by atoms with Crippen molar-refractivity contribution in [2.45, 2.75) is 5.92 Å². The second-order valence-corrected chi connectivity index (χ2v) is 7.45. The number of nitrogens with one attached hydrogen (secondary N) is 1. The van der Waals surface area contributed by atoms with E-state index in [0.717, 1.165) is 0 Å². The summed E-state index contributed by atoms with van der Waals surface area (Å²) in [4.78, 5) is 12.1. The van der Waals surface area contributed by atoms with Crippen LogP contribution in [-0.4, -0.2) is 19.2 Å². The van der Waals surface area contributed by atoms with Crippen LogP contribution in [0.15, 0.2) is 66.7 Å². The molecule has 3 nitrogen and oxygen atoms in total. The third kappa shape index (κ3) is 4.24. The fourth-order valence-electron chi connectivity index (χ4n) is 3.50. The van der Waals surface area contributed by atoms with Crippen LogP contribution in [0.2, 0.25) is 10.0 Å². The van der Waals surface area contributed by atoms with Gasteiger partial charge in [-0.25, -0.2) is 4.79 Å². The molecule has 3 aromatic carbocycles. The van der Waals surface area contributed by atoms with Gasteiger partial charge < -0.3 is 10.1 Å². The number of carbonyl (C=O) groups excluding carboxylic acids is 1. The van der Waals surface area contributed by atoms with Gasteiger partial charge in [0.1, 0.15) is 6.61 Å². The van der Waals surface area contributed by atoms with Crippen molar-refractivity contribution in [3.63, 3.8) is 0 Å². The Morgan fingerprint density at radius 1 is 0.966 bits per heavy atom. The van der Waals surface area contributed by atoms with E-state index >= 15 is 0 Å². The molecule has 3 aromatic rings. The fourth-order valence-corrected chi connectivity index (χ4v) is 3.95. The Morgan fingerprint density at radius 3 is 2.28 bits per heavy atom. The highest BCUT2D eigenvalue weighted by Crippen LogP contribution is 2.44. The van der Waals surface area contributed by atoms with Crippen molar-refractivity contribution < 1.29 is 9.53 Å². The lowest BCUT2D eigenvalue weighted by Gasteiger charge is -2.14. The van der Waals surface area contributed by atoms with Gasteiger partial charge in [0.05, 0.1) is 11.6 Å². The molecule has 29 heavy (non-hydrogen) atoms. The summed E-state index contributed by atoms with van der Waals surface area (Å²) in [5.74, 6) is 5.80. The molecule has 0 saturated heterocycles. The van der Waals surface area contributed by atoms with Gasteiger partial charge in [-0.1, -0.05) is 83.6 Å². The first-order valence-corrected chi connectivity index (χ1v) is 9.92. The quantitative estimate of drug-likeness (QED) is 0.535. The monoisotopic (exact) mass is 421 g/mol. The highest BCUT2D eigenvalue weighted by Gasteiger charge is 2.28. The molecule has 144 valence electrons.